The Bertz CT molecular complexity index is 689. The molecular weight excluding hydrogens is 487 g/mol. The highest BCUT2D eigenvalue weighted by Gasteiger charge is 2.29. The van der Waals surface area contributed by atoms with Gasteiger partial charge in [-0.25, -0.2) is 8.42 Å². The van der Waals surface area contributed by atoms with Crippen LogP contribution in [0.1, 0.15) is 39.5 Å². The monoisotopic (exact) mass is 522 g/mol. The normalized spacial score (nSPS) is 16.5. The number of benzene rings is 1. The molecule has 0 radical (unpaired) electrons. The van der Waals surface area contributed by atoms with E-state index in [4.69, 9.17) is 4.99 Å². The average Bonchev–Trinajstić information content (AvgIpc) is 2.70. The fourth-order valence-corrected chi connectivity index (χ4v) is 4.75. The van der Waals surface area contributed by atoms with E-state index in [0.717, 1.165) is 51.3 Å². The summed E-state index contributed by atoms with van der Waals surface area (Å²) in [5, 5.41) is 3.36. The summed E-state index contributed by atoms with van der Waals surface area (Å²) < 4.78 is 27.0. The molecule has 8 heteroatoms. The maximum atomic E-state index is 12.7. The zero-order valence-electron chi connectivity index (χ0n) is 17.3. The number of nitrogens with one attached hydrogen (secondary N) is 1. The molecule has 0 unspecified atom stereocenters. The van der Waals surface area contributed by atoms with Gasteiger partial charge in [-0.1, -0.05) is 31.5 Å². The van der Waals surface area contributed by atoms with E-state index in [1.54, 1.807) is 28.6 Å². The molecule has 1 fully saturated rings. The van der Waals surface area contributed by atoms with Crippen molar-refractivity contribution in [3.05, 3.63) is 30.3 Å². The van der Waals surface area contributed by atoms with E-state index in [2.05, 4.69) is 31.1 Å². The van der Waals surface area contributed by atoms with Crippen LogP contribution in [0.2, 0.25) is 0 Å². The molecule has 0 aliphatic carbocycles. The summed E-state index contributed by atoms with van der Waals surface area (Å²) in [6.45, 7) is 8.00. The van der Waals surface area contributed by atoms with E-state index in [1.807, 2.05) is 6.07 Å². The van der Waals surface area contributed by atoms with Crippen LogP contribution < -0.4 is 5.32 Å². The lowest BCUT2D eigenvalue weighted by Crippen LogP contribution is -2.41. The summed E-state index contributed by atoms with van der Waals surface area (Å²) in [6.07, 6.45) is 4.02. The van der Waals surface area contributed by atoms with Gasteiger partial charge in [0.05, 0.1) is 4.90 Å². The largest absolute Gasteiger partial charge is 0.357 e. The van der Waals surface area contributed by atoms with Gasteiger partial charge in [-0.15, -0.1) is 24.0 Å². The standard InChI is InChI=1S/C20H34N4O2S.HI/c1-4-6-14-23(3)20(21-5-2)22-17-18-12-15-24(16-13-18)27(25,26)19-10-8-7-9-11-19;/h7-11,18H,4-6,12-17H2,1-3H3,(H,21,22);1H. The van der Waals surface area contributed by atoms with Gasteiger partial charge < -0.3 is 10.2 Å². The Morgan fingerprint density at radius 1 is 1.21 bits per heavy atom. The highest BCUT2D eigenvalue weighted by Crippen LogP contribution is 2.23. The Hall–Kier alpha value is -0.870. The minimum Gasteiger partial charge on any atom is -0.357 e. The second-order valence-electron chi connectivity index (χ2n) is 7.13. The Labute approximate surface area is 187 Å². The molecule has 0 spiro atoms. The van der Waals surface area contributed by atoms with Crippen LogP contribution in [0, 0.1) is 5.92 Å². The number of unbranched alkanes of at least 4 members (excludes halogenated alkanes) is 1. The molecule has 2 rings (SSSR count). The van der Waals surface area contributed by atoms with Crippen molar-refractivity contribution < 1.29 is 8.42 Å². The van der Waals surface area contributed by atoms with E-state index in [-0.39, 0.29) is 24.0 Å². The topological polar surface area (TPSA) is 65.0 Å². The number of guanidine groups is 1. The van der Waals surface area contributed by atoms with Gasteiger partial charge in [-0.3, -0.25) is 4.99 Å². The minimum atomic E-state index is -3.37. The molecule has 28 heavy (non-hydrogen) atoms. The van der Waals surface area contributed by atoms with Crippen molar-refractivity contribution in [3.8, 4) is 0 Å². The first-order valence-electron chi connectivity index (χ1n) is 10.0. The van der Waals surface area contributed by atoms with Crippen LogP contribution in [0.4, 0.5) is 0 Å². The van der Waals surface area contributed by atoms with Gasteiger partial charge in [-0.2, -0.15) is 4.31 Å². The van der Waals surface area contributed by atoms with Crippen molar-refractivity contribution in [2.45, 2.75) is 44.4 Å². The number of nitrogens with zero attached hydrogens (tertiary/aromatic N) is 3. The SMILES string of the molecule is CCCCN(C)C(=NCC1CCN(S(=O)(=O)c2ccccc2)CC1)NCC.I. The van der Waals surface area contributed by atoms with Crippen molar-refractivity contribution in [1.82, 2.24) is 14.5 Å². The number of hydrogen-bond donors (Lipinski definition) is 1. The molecule has 0 saturated carbocycles. The third-order valence-electron chi connectivity index (χ3n) is 5.00. The third-order valence-corrected chi connectivity index (χ3v) is 6.91. The molecule has 1 saturated heterocycles. The molecule has 0 bridgehead atoms. The van der Waals surface area contributed by atoms with Gasteiger partial charge in [0.15, 0.2) is 5.96 Å². The number of rotatable bonds is 8. The van der Waals surface area contributed by atoms with E-state index < -0.39 is 10.0 Å². The van der Waals surface area contributed by atoms with Crippen molar-refractivity contribution in [2.24, 2.45) is 10.9 Å². The zero-order chi connectivity index (χ0) is 19.7. The highest BCUT2D eigenvalue weighted by atomic mass is 127. The molecule has 1 aliphatic heterocycles. The first-order chi connectivity index (χ1) is 13.0. The van der Waals surface area contributed by atoms with Crippen LogP contribution >= 0.6 is 24.0 Å². The van der Waals surface area contributed by atoms with Gasteiger partial charge in [0.1, 0.15) is 0 Å². The summed E-state index contributed by atoms with van der Waals surface area (Å²) in [5.74, 6) is 1.38. The lowest BCUT2D eigenvalue weighted by atomic mass is 9.98. The van der Waals surface area contributed by atoms with Crippen molar-refractivity contribution in [3.63, 3.8) is 0 Å². The first-order valence-corrected chi connectivity index (χ1v) is 11.5. The molecular formula is C20H35IN4O2S. The molecule has 6 nitrogen and oxygen atoms in total. The lowest BCUT2D eigenvalue weighted by molar-refractivity contribution is 0.278. The van der Waals surface area contributed by atoms with Gasteiger partial charge in [0.25, 0.3) is 0 Å². The molecule has 1 aromatic rings. The fourth-order valence-electron chi connectivity index (χ4n) is 3.26. The second kappa shape index (κ2) is 12.6. The smallest absolute Gasteiger partial charge is 0.243 e. The summed E-state index contributed by atoms with van der Waals surface area (Å²) in [5.41, 5.74) is 0. The van der Waals surface area contributed by atoms with Crippen LogP contribution in [0.5, 0.6) is 0 Å². The second-order valence-corrected chi connectivity index (χ2v) is 9.07. The van der Waals surface area contributed by atoms with Crippen molar-refractivity contribution >= 4 is 40.0 Å². The molecule has 0 amide bonds. The fraction of sp³-hybridized carbons (Fsp3) is 0.650. The zero-order valence-corrected chi connectivity index (χ0v) is 20.4. The summed E-state index contributed by atoms with van der Waals surface area (Å²) in [6, 6.07) is 8.71. The maximum Gasteiger partial charge on any atom is 0.243 e. The van der Waals surface area contributed by atoms with Crippen LogP contribution in [-0.4, -0.2) is 63.4 Å². The summed E-state index contributed by atoms with van der Waals surface area (Å²) in [4.78, 5) is 7.36. The predicted octanol–water partition coefficient (Wildman–Crippen LogP) is 3.40. The van der Waals surface area contributed by atoms with Crippen molar-refractivity contribution in [1.29, 1.82) is 0 Å². The van der Waals surface area contributed by atoms with Crippen molar-refractivity contribution in [2.75, 3.05) is 39.8 Å². The molecule has 1 N–H and O–H groups in total. The lowest BCUT2D eigenvalue weighted by Gasteiger charge is -2.31. The molecule has 1 aliphatic rings. The molecule has 160 valence electrons. The first kappa shape index (κ1) is 25.2. The van der Waals surface area contributed by atoms with Crippen LogP contribution in [0.15, 0.2) is 40.2 Å². The Balaban J connectivity index is 0.00000392. The average molecular weight is 522 g/mol. The van der Waals surface area contributed by atoms with Gasteiger partial charge in [0.2, 0.25) is 10.0 Å². The molecule has 1 aromatic carbocycles. The van der Waals surface area contributed by atoms with Crippen LogP contribution in [-0.2, 0) is 10.0 Å². The van der Waals surface area contributed by atoms with E-state index in [0.29, 0.717) is 23.9 Å². The Kier molecular flexibility index (Phi) is 11.4. The number of hydrogen-bond acceptors (Lipinski definition) is 3. The van der Waals surface area contributed by atoms with Crippen LogP contribution in [0.3, 0.4) is 0 Å². The molecule has 1 heterocycles. The number of sulfonamides is 1. The van der Waals surface area contributed by atoms with Gasteiger partial charge in [-0.05, 0) is 44.2 Å². The van der Waals surface area contributed by atoms with E-state index in [1.165, 1.54) is 0 Å². The number of piperidine rings is 1. The molecule has 0 aromatic heterocycles. The summed E-state index contributed by atoms with van der Waals surface area (Å²) in [7, 11) is -1.30. The van der Waals surface area contributed by atoms with E-state index >= 15 is 0 Å². The highest BCUT2D eigenvalue weighted by molar-refractivity contribution is 14.0. The minimum absolute atomic E-state index is 0. The maximum absolute atomic E-state index is 12.7. The van der Waals surface area contributed by atoms with Crippen LogP contribution in [0.25, 0.3) is 0 Å². The number of aliphatic imine (C=N–C) groups is 1. The number of halogens is 1. The quantitative estimate of drug-likeness (QED) is 0.323. The molecule has 0 atom stereocenters. The summed E-state index contributed by atoms with van der Waals surface area (Å²) >= 11 is 0. The third kappa shape index (κ3) is 7.18. The van der Waals surface area contributed by atoms with E-state index in [9.17, 15) is 8.42 Å². The Morgan fingerprint density at radius 2 is 1.86 bits per heavy atom. The van der Waals surface area contributed by atoms with Gasteiger partial charge in [0, 0.05) is 39.8 Å². The predicted molar refractivity (Wildman–Crippen MR) is 127 cm³/mol. The van der Waals surface area contributed by atoms with Gasteiger partial charge >= 0.3 is 0 Å². The Morgan fingerprint density at radius 3 is 2.43 bits per heavy atom.